The number of carbonyl (C=O) groups is 1. The summed E-state index contributed by atoms with van der Waals surface area (Å²) in [6.07, 6.45) is 2.87. The molecule has 4 aromatic rings. The molecule has 4 rings (SSSR count). The van der Waals surface area contributed by atoms with Gasteiger partial charge in [-0.25, -0.2) is 4.98 Å². The number of amides is 1. The predicted molar refractivity (Wildman–Crippen MR) is 102 cm³/mol. The van der Waals surface area contributed by atoms with Gasteiger partial charge in [0.1, 0.15) is 11.6 Å². The normalized spacial score (nSPS) is 11.2. The number of halogens is 3. The second-order valence-corrected chi connectivity index (χ2v) is 6.40. The third-order valence-electron chi connectivity index (χ3n) is 4.29. The van der Waals surface area contributed by atoms with Crippen molar-refractivity contribution >= 4 is 11.6 Å². The number of anilines is 1. The summed E-state index contributed by atoms with van der Waals surface area (Å²) in [5.74, 6) is -0.939. The van der Waals surface area contributed by atoms with Gasteiger partial charge in [-0.05, 0) is 23.8 Å². The average molecular weight is 439 g/mol. The Balaban J connectivity index is 1.63. The van der Waals surface area contributed by atoms with Crippen molar-refractivity contribution in [3.8, 4) is 11.9 Å². The van der Waals surface area contributed by atoms with Crippen LogP contribution in [0.5, 0.6) is 0 Å². The molecule has 0 bridgehead atoms. The second-order valence-electron chi connectivity index (χ2n) is 6.40. The first-order valence-corrected chi connectivity index (χ1v) is 8.97. The molecule has 13 heteroatoms. The van der Waals surface area contributed by atoms with Crippen LogP contribution in [0.15, 0.2) is 55.4 Å². The largest absolute Gasteiger partial charge is 0.433 e. The number of rotatable bonds is 5. The molecule has 0 unspecified atom stereocenters. The Morgan fingerprint density at radius 1 is 1.09 bits per heavy atom. The van der Waals surface area contributed by atoms with Crippen LogP contribution in [0.1, 0.15) is 27.2 Å². The first-order chi connectivity index (χ1) is 15.4. The third kappa shape index (κ3) is 4.15. The molecule has 4 heterocycles. The summed E-state index contributed by atoms with van der Waals surface area (Å²) in [6, 6.07) is 6.25. The molecule has 10 nitrogen and oxygen atoms in total. The van der Waals surface area contributed by atoms with Crippen molar-refractivity contribution in [1.29, 1.82) is 5.26 Å². The van der Waals surface area contributed by atoms with Gasteiger partial charge in [0, 0.05) is 12.4 Å². The van der Waals surface area contributed by atoms with E-state index in [2.05, 4.69) is 30.6 Å². The van der Waals surface area contributed by atoms with Crippen molar-refractivity contribution in [3.05, 3.63) is 77.8 Å². The maximum absolute atomic E-state index is 13.7. The zero-order chi connectivity index (χ0) is 22.7. The van der Waals surface area contributed by atoms with Gasteiger partial charge in [-0.3, -0.25) is 14.5 Å². The molecular formula is C19H12F3N9O. The zero-order valence-electron chi connectivity index (χ0n) is 16.0. The van der Waals surface area contributed by atoms with Gasteiger partial charge < -0.3 is 5.32 Å². The van der Waals surface area contributed by atoms with Crippen LogP contribution < -0.4 is 5.32 Å². The monoisotopic (exact) mass is 439 g/mol. The van der Waals surface area contributed by atoms with Gasteiger partial charge >= 0.3 is 6.18 Å². The Morgan fingerprint density at radius 3 is 2.47 bits per heavy atom. The van der Waals surface area contributed by atoms with Crippen molar-refractivity contribution in [2.45, 2.75) is 12.7 Å². The van der Waals surface area contributed by atoms with Crippen LogP contribution in [0.4, 0.5) is 18.9 Å². The summed E-state index contributed by atoms with van der Waals surface area (Å²) < 4.78 is 41.9. The van der Waals surface area contributed by atoms with E-state index in [1.807, 2.05) is 6.07 Å². The molecule has 0 radical (unpaired) electrons. The molecule has 1 N–H and O–H groups in total. The topological polar surface area (TPSA) is 127 Å². The molecule has 0 aliphatic carbocycles. The molecular weight excluding hydrogens is 427 g/mol. The number of alkyl halides is 3. The van der Waals surface area contributed by atoms with Gasteiger partial charge in [0.2, 0.25) is 0 Å². The van der Waals surface area contributed by atoms with E-state index in [9.17, 15) is 23.2 Å². The van der Waals surface area contributed by atoms with Gasteiger partial charge in [-0.1, -0.05) is 0 Å². The average Bonchev–Trinajstić information content (AvgIpc) is 3.44. The molecule has 0 saturated heterocycles. The Bertz CT molecular complexity index is 1290. The molecule has 160 valence electrons. The second kappa shape index (κ2) is 8.26. The molecule has 0 atom stereocenters. The smallest absolute Gasteiger partial charge is 0.320 e. The third-order valence-corrected chi connectivity index (χ3v) is 4.29. The summed E-state index contributed by atoms with van der Waals surface area (Å²) in [7, 11) is 0. The Labute approximate surface area is 178 Å². The maximum atomic E-state index is 13.7. The summed E-state index contributed by atoms with van der Waals surface area (Å²) in [5, 5.41) is 23.2. The van der Waals surface area contributed by atoms with Crippen LogP contribution in [0, 0.1) is 11.3 Å². The van der Waals surface area contributed by atoms with E-state index in [1.54, 1.807) is 12.1 Å². The van der Waals surface area contributed by atoms with Crippen LogP contribution in [0.3, 0.4) is 0 Å². The predicted octanol–water partition coefficient (Wildman–Crippen LogP) is 2.44. The minimum absolute atomic E-state index is 0.0171. The van der Waals surface area contributed by atoms with Crippen molar-refractivity contribution in [3.63, 3.8) is 0 Å². The lowest BCUT2D eigenvalue weighted by atomic mass is 10.2. The van der Waals surface area contributed by atoms with Crippen LogP contribution in [-0.2, 0) is 12.7 Å². The quantitative estimate of drug-likeness (QED) is 0.506. The van der Waals surface area contributed by atoms with E-state index in [4.69, 9.17) is 0 Å². The standard InChI is InChI=1S/C19H12F3N9O/c20-19(21,22)16-15(10-28-30(16)11-12-1-3-24-4-2-12)18(32)29-14-7-13(8-23)17(25-9-14)31-26-5-6-27-31/h1-7,9-10H,11H2,(H,29,32). The number of aromatic nitrogens is 7. The number of nitriles is 1. The van der Waals surface area contributed by atoms with Crippen molar-refractivity contribution in [1.82, 2.24) is 34.7 Å². The van der Waals surface area contributed by atoms with E-state index >= 15 is 0 Å². The molecule has 0 spiro atoms. The molecule has 0 aromatic carbocycles. The summed E-state index contributed by atoms with van der Waals surface area (Å²) in [6.45, 7) is -0.198. The van der Waals surface area contributed by atoms with Crippen LogP contribution in [0.25, 0.3) is 5.82 Å². The fraction of sp³-hybridized carbons (Fsp3) is 0.105. The zero-order valence-corrected chi connectivity index (χ0v) is 16.0. The molecule has 0 saturated carbocycles. The maximum Gasteiger partial charge on any atom is 0.433 e. The van der Waals surface area contributed by atoms with E-state index in [1.165, 1.54) is 37.1 Å². The number of nitrogens with zero attached hydrogens (tertiary/aromatic N) is 8. The molecule has 4 aromatic heterocycles. The van der Waals surface area contributed by atoms with Crippen LogP contribution in [-0.4, -0.2) is 40.6 Å². The molecule has 0 aliphatic rings. The number of carbonyl (C=O) groups excluding carboxylic acids is 1. The molecule has 0 fully saturated rings. The molecule has 1 amide bonds. The van der Waals surface area contributed by atoms with Gasteiger partial charge in [0.05, 0.1) is 42.6 Å². The minimum atomic E-state index is -4.83. The van der Waals surface area contributed by atoms with E-state index < -0.39 is 23.3 Å². The molecule has 0 aliphatic heterocycles. The highest BCUT2D eigenvalue weighted by Crippen LogP contribution is 2.33. The van der Waals surface area contributed by atoms with Crippen LogP contribution in [0.2, 0.25) is 0 Å². The van der Waals surface area contributed by atoms with Gasteiger partial charge in [0.25, 0.3) is 5.91 Å². The first-order valence-electron chi connectivity index (χ1n) is 8.97. The lowest BCUT2D eigenvalue weighted by molar-refractivity contribution is -0.144. The Morgan fingerprint density at radius 2 is 1.81 bits per heavy atom. The van der Waals surface area contributed by atoms with Crippen molar-refractivity contribution < 1.29 is 18.0 Å². The number of nitrogens with one attached hydrogen (secondary N) is 1. The van der Waals surface area contributed by atoms with Crippen molar-refractivity contribution in [2.75, 3.05) is 5.32 Å². The Kier molecular flexibility index (Phi) is 5.34. The van der Waals surface area contributed by atoms with E-state index in [0.717, 1.165) is 11.0 Å². The Hall–Kier alpha value is -4.60. The fourth-order valence-electron chi connectivity index (χ4n) is 2.92. The number of hydrogen-bond donors (Lipinski definition) is 1. The number of hydrogen-bond acceptors (Lipinski definition) is 7. The van der Waals surface area contributed by atoms with Gasteiger partial charge in [-0.15, -0.1) is 4.80 Å². The summed E-state index contributed by atoms with van der Waals surface area (Å²) in [5.41, 5.74) is -1.28. The van der Waals surface area contributed by atoms with Gasteiger partial charge in [0.15, 0.2) is 11.5 Å². The number of pyridine rings is 2. The summed E-state index contributed by atoms with van der Waals surface area (Å²) >= 11 is 0. The first kappa shape index (κ1) is 20.7. The molecule has 32 heavy (non-hydrogen) atoms. The van der Waals surface area contributed by atoms with Gasteiger partial charge in [-0.2, -0.15) is 33.7 Å². The highest BCUT2D eigenvalue weighted by Gasteiger charge is 2.40. The highest BCUT2D eigenvalue weighted by molar-refractivity contribution is 6.05. The lowest BCUT2D eigenvalue weighted by Gasteiger charge is -2.13. The van der Waals surface area contributed by atoms with E-state index in [-0.39, 0.29) is 23.6 Å². The highest BCUT2D eigenvalue weighted by atomic mass is 19.4. The van der Waals surface area contributed by atoms with Crippen LogP contribution >= 0.6 is 0 Å². The summed E-state index contributed by atoms with van der Waals surface area (Å²) in [4.78, 5) is 21.6. The SMILES string of the molecule is N#Cc1cc(NC(=O)c2cnn(Cc3ccncc3)c2C(F)(F)F)cnc1-n1nccn1. The van der Waals surface area contributed by atoms with Crippen molar-refractivity contribution in [2.24, 2.45) is 0 Å². The van der Waals surface area contributed by atoms with E-state index in [0.29, 0.717) is 10.2 Å². The fourth-order valence-corrected chi connectivity index (χ4v) is 2.92. The minimum Gasteiger partial charge on any atom is -0.320 e. The lowest BCUT2D eigenvalue weighted by Crippen LogP contribution is -2.21.